The fourth-order valence-electron chi connectivity index (χ4n) is 1.61. The van der Waals surface area contributed by atoms with Crippen LogP contribution >= 0.6 is 22.6 Å². The highest BCUT2D eigenvalue weighted by Gasteiger charge is 2.04. The van der Waals surface area contributed by atoms with Gasteiger partial charge in [0.25, 0.3) is 0 Å². The molecule has 0 fully saturated rings. The lowest BCUT2D eigenvalue weighted by atomic mass is 10.1. The van der Waals surface area contributed by atoms with Crippen LogP contribution in [0.1, 0.15) is 0 Å². The second-order valence-electron chi connectivity index (χ2n) is 3.44. The second-order valence-corrected chi connectivity index (χ2v) is 4.60. The van der Waals surface area contributed by atoms with E-state index in [1.165, 1.54) is 0 Å². The summed E-state index contributed by atoms with van der Waals surface area (Å²) in [7, 11) is 0. The monoisotopic (exact) mass is 321 g/mol. The molecule has 0 saturated heterocycles. The van der Waals surface area contributed by atoms with Gasteiger partial charge in [-0.05, 0) is 28.7 Å². The molecule has 4 heteroatoms. The molecular weight excluding hydrogens is 313 g/mol. The van der Waals surface area contributed by atoms with E-state index < -0.39 is 0 Å². The van der Waals surface area contributed by atoms with E-state index in [9.17, 15) is 0 Å². The van der Waals surface area contributed by atoms with Crippen molar-refractivity contribution in [2.45, 2.75) is 0 Å². The third kappa shape index (κ3) is 1.59. The quantitative estimate of drug-likeness (QED) is 0.645. The van der Waals surface area contributed by atoms with E-state index in [-0.39, 0.29) is 0 Å². The van der Waals surface area contributed by atoms with Crippen LogP contribution in [-0.4, -0.2) is 14.6 Å². The van der Waals surface area contributed by atoms with Crippen LogP contribution in [-0.2, 0) is 0 Å². The number of rotatable bonds is 1. The largest absolute Gasteiger partial charge is 0.227 e. The molecule has 0 atom stereocenters. The molecule has 3 nitrogen and oxygen atoms in total. The number of nitrogens with zero attached hydrogens (tertiary/aromatic N) is 3. The Labute approximate surface area is 106 Å². The number of fused-ring (bicyclic) bond motifs is 1. The van der Waals surface area contributed by atoms with Crippen LogP contribution in [0.25, 0.3) is 16.9 Å². The highest BCUT2D eigenvalue weighted by Crippen LogP contribution is 2.18. The predicted octanol–water partition coefficient (Wildman–Crippen LogP) is 3.00. The molecule has 0 radical (unpaired) electrons. The predicted molar refractivity (Wildman–Crippen MR) is 71.1 cm³/mol. The number of halogens is 1. The van der Waals surface area contributed by atoms with E-state index >= 15 is 0 Å². The highest BCUT2D eigenvalue weighted by molar-refractivity contribution is 14.1. The fraction of sp³-hybridized carbons (Fsp3) is 0. The third-order valence-corrected chi connectivity index (χ3v) is 3.16. The first-order valence-corrected chi connectivity index (χ1v) is 5.98. The van der Waals surface area contributed by atoms with Crippen molar-refractivity contribution in [3.63, 3.8) is 0 Å². The van der Waals surface area contributed by atoms with Crippen LogP contribution in [0.2, 0.25) is 0 Å². The molecule has 3 aromatic rings. The molecule has 78 valence electrons. The molecule has 3 rings (SSSR count). The molecule has 0 aliphatic heterocycles. The van der Waals surface area contributed by atoms with Gasteiger partial charge in [0, 0.05) is 11.8 Å². The van der Waals surface area contributed by atoms with Gasteiger partial charge in [-0.3, -0.25) is 0 Å². The summed E-state index contributed by atoms with van der Waals surface area (Å²) in [6.07, 6.45) is 3.75. The van der Waals surface area contributed by atoms with Crippen molar-refractivity contribution in [1.29, 1.82) is 0 Å². The molecule has 0 N–H and O–H groups in total. The molecule has 0 saturated carbocycles. The Hall–Kier alpha value is -1.43. The molecular formula is C12H8IN3. The molecule has 0 amide bonds. The van der Waals surface area contributed by atoms with Gasteiger partial charge < -0.3 is 0 Å². The number of hydrogen-bond donors (Lipinski definition) is 0. The summed E-state index contributed by atoms with van der Waals surface area (Å²) < 4.78 is 2.85. The first kappa shape index (κ1) is 9.77. The summed E-state index contributed by atoms with van der Waals surface area (Å²) in [6.45, 7) is 0. The summed E-state index contributed by atoms with van der Waals surface area (Å²) in [5.74, 6) is 0. The summed E-state index contributed by atoms with van der Waals surface area (Å²) in [4.78, 5) is 4.60. The Balaban J connectivity index is 2.22. The average Bonchev–Trinajstić information content (AvgIpc) is 2.72. The second kappa shape index (κ2) is 3.86. The van der Waals surface area contributed by atoms with E-state index in [0.29, 0.717) is 0 Å². The third-order valence-electron chi connectivity index (χ3n) is 2.40. The number of hydrogen-bond acceptors (Lipinski definition) is 2. The van der Waals surface area contributed by atoms with E-state index in [2.05, 4.69) is 44.8 Å². The molecule has 16 heavy (non-hydrogen) atoms. The van der Waals surface area contributed by atoms with E-state index in [4.69, 9.17) is 0 Å². The van der Waals surface area contributed by atoms with E-state index in [0.717, 1.165) is 20.5 Å². The Morgan fingerprint density at radius 1 is 1.06 bits per heavy atom. The lowest BCUT2D eigenvalue weighted by molar-refractivity contribution is 0.941. The maximum atomic E-state index is 4.60. The van der Waals surface area contributed by atoms with Crippen molar-refractivity contribution >= 4 is 28.2 Å². The van der Waals surface area contributed by atoms with Crippen LogP contribution < -0.4 is 0 Å². The minimum atomic E-state index is 0.905. The van der Waals surface area contributed by atoms with Crippen molar-refractivity contribution in [1.82, 2.24) is 14.6 Å². The Morgan fingerprint density at radius 3 is 2.69 bits per heavy atom. The van der Waals surface area contributed by atoms with E-state index in [1.807, 2.05) is 36.7 Å². The summed E-state index contributed by atoms with van der Waals surface area (Å²) in [5.41, 5.74) is 3.01. The van der Waals surface area contributed by atoms with Crippen molar-refractivity contribution in [3.8, 4) is 11.3 Å². The SMILES string of the molecule is Ic1cnn2ccc(-c3ccccc3)nc12. The first-order chi connectivity index (χ1) is 7.84. The van der Waals surface area contributed by atoms with Crippen LogP contribution in [0.3, 0.4) is 0 Å². The molecule has 0 bridgehead atoms. The minimum absolute atomic E-state index is 0.905. The maximum absolute atomic E-state index is 4.60. The molecule has 2 heterocycles. The van der Waals surface area contributed by atoms with Crippen LogP contribution in [0, 0.1) is 3.57 Å². The first-order valence-electron chi connectivity index (χ1n) is 4.90. The molecule has 2 aromatic heterocycles. The van der Waals surface area contributed by atoms with Crippen molar-refractivity contribution in [2.24, 2.45) is 0 Å². The number of benzene rings is 1. The Kier molecular flexibility index (Phi) is 2.36. The smallest absolute Gasteiger partial charge is 0.168 e. The van der Waals surface area contributed by atoms with Gasteiger partial charge in [0.15, 0.2) is 5.65 Å². The van der Waals surface area contributed by atoms with Crippen LogP contribution in [0.5, 0.6) is 0 Å². The van der Waals surface area contributed by atoms with Crippen molar-refractivity contribution in [2.75, 3.05) is 0 Å². The zero-order valence-corrected chi connectivity index (χ0v) is 10.5. The topological polar surface area (TPSA) is 30.2 Å². The Morgan fingerprint density at radius 2 is 1.88 bits per heavy atom. The minimum Gasteiger partial charge on any atom is -0.227 e. The lowest BCUT2D eigenvalue weighted by Crippen LogP contribution is -1.92. The number of aromatic nitrogens is 3. The molecule has 1 aromatic carbocycles. The lowest BCUT2D eigenvalue weighted by Gasteiger charge is -2.01. The van der Waals surface area contributed by atoms with Gasteiger partial charge in [0.1, 0.15) is 0 Å². The van der Waals surface area contributed by atoms with Gasteiger partial charge in [-0.1, -0.05) is 30.3 Å². The normalized spacial score (nSPS) is 10.8. The van der Waals surface area contributed by atoms with Crippen molar-refractivity contribution < 1.29 is 0 Å². The summed E-state index contributed by atoms with van der Waals surface area (Å²) in [6, 6.07) is 12.1. The standard InChI is InChI=1S/C12H8IN3/c13-10-8-14-16-7-6-11(15-12(10)16)9-4-2-1-3-5-9/h1-8H. The molecule has 0 aliphatic carbocycles. The Bertz CT molecular complexity index is 631. The van der Waals surface area contributed by atoms with Crippen molar-refractivity contribution in [3.05, 3.63) is 52.4 Å². The van der Waals surface area contributed by atoms with Gasteiger partial charge in [0.2, 0.25) is 0 Å². The fourth-order valence-corrected chi connectivity index (χ4v) is 2.10. The molecule has 0 aliphatic rings. The molecule has 0 unspecified atom stereocenters. The highest BCUT2D eigenvalue weighted by atomic mass is 127. The van der Waals surface area contributed by atoms with E-state index in [1.54, 1.807) is 4.52 Å². The van der Waals surface area contributed by atoms with Gasteiger partial charge in [-0.2, -0.15) is 5.10 Å². The van der Waals surface area contributed by atoms with Crippen LogP contribution in [0.4, 0.5) is 0 Å². The van der Waals surface area contributed by atoms with Crippen LogP contribution in [0.15, 0.2) is 48.8 Å². The maximum Gasteiger partial charge on any atom is 0.168 e. The van der Waals surface area contributed by atoms with Gasteiger partial charge in [-0.15, -0.1) is 0 Å². The van der Waals surface area contributed by atoms with Gasteiger partial charge in [0.05, 0.1) is 15.5 Å². The zero-order valence-electron chi connectivity index (χ0n) is 8.34. The summed E-state index contributed by atoms with van der Waals surface area (Å²) >= 11 is 2.24. The molecule has 0 spiro atoms. The summed E-state index contributed by atoms with van der Waals surface area (Å²) in [5, 5.41) is 4.20. The average molecular weight is 321 g/mol. The van der Waals surface area contributed by atoms with Gasteiger partial charge >= 0.3 is 0 Å². The van der Waals surface area contributed by atoms with Gasteiger partial charge in [-0.25, -0.2) is 9.50 Å². The zero-order chi connectivity index (χ0) is 11.0.